The van der Waals surface area contributed by atoms with E-state index in [2.05, 4.69) is 5.32 Å². The number of aryl methyl sites for hydroxylation is 1. The largest absolute Gasteiger partial charge is 0.478 e. The molecular weight excluding hydrogens is 248 g/mol. The number of hydrogen-bond donors (Lipinski definition) is 2. The number of carboxylic acids is 1. The van der Waals surface area contributed by atoms with Crippen molar-refractivity contribution in [3.8, 4) is 0 Å². The number of nitrogens with zero attached hydrogens (tertiary/aromatic N) is 1. The van der Waals surface area contributed by atoms with Crippen molar-refractivity contribution in [3.05, 3.63) is 23.2 Å². The van der Waals surface area contributed by atoms with E-state index < -0.39 is 5.97 Å². The summed E-state index contributed by atoms with van der Waals surface area (Å²) in [5.41, 5.74) is 0.125. The number of amides is 2. The molecule has 1 heterocycles. The Morgan fingerprint density at radius 1 is 1.47 bits per heavy atom. The van der Waals surface area contributed by atoms with Gasteiger partial charge in [0.1, 0.15) is 17.1 Å². The van der Waals surface area contributed by atoms with Crippen molar-refractivity contribution in [1.82, 2.24) is 10.2 Å². The summed E-state index contributed by atoms with van der Waals surface area (Å²) in [4.78, 5) is 24.2. The second-order valence-corrected chi connectivity index (χ2v) is 4.92. The quantitative estimate of drug-likeness (QED) is 0.856. The predicted octanol–water partition coefficient (Wildman–Crippen LogP) is 2.08. The van der Waals surface area contributed by atoms with Crippen LogP contribution in [0.4, 0.5) is 4.79 Å². The number of carbonyl (C=O) groups is 2. The molecule has 0 saturated heterocycles. The van der Waals surface area contributed by atoms with E-state index in [1.807, 2.05) is 13.8 Å². The minimum absolute atomic E-state index is 0.125. The standard InChI is InChI=1S/C13H20N2O4/c1-8(2)7-15(4)13(18)14-6-10-5-11(12(16)17)9(3)19-10/h5,8H,6-7H2,1-4H3,(H,14,18)(H,16,17). The van der Waals surface area contributed by atoms with Gasteiger partial charge in [-0.2, -0.15) is 0 Å². The monoisotopic (exact) mass is 268 g/mol. The Bertz CT molecular complexity index is 465. The van der Waals surface area contributed by atoms with Crippen LogP contribution in [0.3, 0.4) is 0 Å². The molecule has 2 amide bonds. The van der Waals surface area contributed by atoms with E-state index in [0.29, 0.717) is 24.0 Å². The molecule has 1 rings (SSSR count). The van der Waals surface area contributed by atoms with Gasteiger partial charge in [-0.05, 0) is 18.9 Å². The normalized spacial score (nSPS) is 10.6. The lowest BCUT2D eigenvalue weighted by Crippen LogP contribution is -2.38. The fraction of sp³-hybridized carbons (Fsp3) is 0.538. The van der Waals surface area contributed by atoms with Crippen LogP contribution in [0.15, 0.2) is 10.5 Å². The van der Waals surface area contributed by atoms with Crippen LogP contribution in [-0.2, 0) is 6.54 Å². The van der Waals surface area contributed by atoms with Crippen molar-refractivity contribution in [3.63, 3.8) is 0 Å². The second-order valence-electron chi connectivity index (χ2n) is 4.92. The van der Waals surface area contributed by atoms with Crippen LogP contribution in [0, 0.1) is 12.8 Å². The van der Waals surface area contributed by atoms with Crippen LogP contribution < -0.4 is 5.32 Å². The summed E-state index contributed by atoms with van der Waals surface area (Å²) in [5.74, 6) is 0.129. The first-order valence-electron chi connectivity index (χ1n) is 6.12. The SMILES string of the molecule is Cc1oc(CNC(=O)N(C)CC(C)C)cc1C(=O)O. The van der Waals surface area contributed by atoms with Gasteiger partial charge >= 0.3 is 12.0 Å². The maximum atomic E-state index is 11.7. The van der Waals surface area contributed by atoms with Gasteiger partial charge in [-0.3, -0.25) is 0 Å². The smallest absolute Gasteiger partial charge is 0.339 e. The summed E-state index contributed by atoms with van der Waals surface area (Å²) in [6.45, 7) is 6.47. The fourth-order valence-corrected chi connectivity index (χ4v) is 1.77. The van der Waals surface area contributed by atoms with Crippen LogP contribution in [-0.4, -0.2) is 35.6 Å². The van der Waals surface area contributed by atoms with Crippen molar-refractivity contribution < 1.29 is 19.1 Å². The van der Waals surface area contributed by atoms with E-state index in [1.54, 1.807) is 18.9 Å². The molecule has 0 saturated carbocycles. The zero-order chi connectivity index (χ0) is 14.6. The van der Waals surface area contributed by atoms with Gasteiger partial charge in [0.25, 0.3) is 0 Å². The molecule has 2 N–H and O–H groups in total. The van der Waals surface area contributed by atoms with Gasteiger partial charge in [-0.25, -0.2) is 9.59 Å². The first-order valence-corrected chi connectivity index (χ1v) is 6.12. The summed E-state index contributed by atoms with van der Waals surface area (Å²) in [5, 5.41) is 11.6. The van der Waals surface area contributed by atoms with Gasteiger partial charge in [0.15, 0.2) is 0 Å². The first-order chi connectivity index (χ1) is 8.81. The van der Waals surface area contributed by atoms with Crippen molar-refractivity contribution >= 4 is 12.0 Å². The van der Waals surface area contributed by atoms with Gasteiger partial charge in [-0.15, -0.1) is 0 Å². The number of furan rings is 1. The number of hydrogen-bond acceptors (Lipinski definition) is 3. The molecular formula is C13H20N2O4. The van der Waals surface area contributed by atoms with Crippen molar-refractivity contribution in [2.75, 3.05) is 13.6 Å². The molecule has 0 fully saturated rings. The molecule has 0 unspecified atom stereocenters. The molecule has 0 aliphatic rings. The maximum Gasteiger partial charge on any atom is 0.339 e. The highest BCUT2D eigenvalue weighted by atomic mass is 16.4. The van der Waals surface area contributed by atoms with Crippen LogP contribution in [0.25, 0.3) is 0 Å². The van der Waals surface area contributed by atoms with Gasteiger partial charge in [-0.1, -0.05) is 13.8 Å². The predicted molar refractivity (Wildman–Crippen MR) is 70.1 cm³/mol. The first kappa shape index (κ1) is 15.1. The maximum absolute atomic E-state index is 11.7. The molecule has 19 heavy (non-hydrogen) atoms. The summed E-state index contributed by atoms with van der Waals surface area (Å²) < 4.78 is 5.27. The minimum atomic E-state index is -1.03. The van der Waals surface area contributed by atoms with Gasteiger partial charge in [0.05, 0.1) is 6.54 Å². The number of aromatic carboxylic acids is 1. The van der Waals surface area contributed by atoms with E-state index >= 15 is 0 Å². The second kappa shape index (κ2) is 6.26. The van der Waals surface area contributed by atoms with Crippen LogP contribution in [0.1, 0.15) is 35.7 Å². The van der Waals surface area contributed by atoms with E-state index in [9.17, 15) is 9.59 Å². The number of nitrogens with one attached hydrogen (secondary N) is 1. The van der Waals surface area contributed by atoms with Gasteiger partial charge in [0.2, 0.25) is 0 Å². The Morgan fingerprint density at radius 2 is 2.11 bits per heavy atom. The number of rotatable bonds is 5. The molecule has 0 aromatic carbocycles. The summed E-state index contributed by atoms with van der Waals surface area (Å²) >= 11 is 0. The lowest BCUT2D eigenvalue weighted by Gasteiger charge is -2.19. The lowest BCUT2D eigenvalue weighted by atomic mass is 10.2. The van der Waals surface area contributed by atoms with Crippen LogP contribution in [0.2, 0.25) is 0 Å². The minimum Gasteiger partial charge on any atom is -0.478 e. The van der Waals surface area contributed by atoms with Crippen LogP contribution in [0.5, 0.6) is 0 Å². The Kier molecular flexibility index (Phi) is 4.97. The Hall–Kier alpha value is -1.98. The number of carbonyl (C=O) groups excluding carboxylic acids is 1. The highest BCUT2D eigenvalue weighted by molar-refractivity contribution is 5.88. The van der Waals surface area contributed by atoms with Crippen molar-refractivity contribution in [1.29, 1.82) is 0 Å². The van der Waals surface area contributed by atoms with E-state index in [-0.39, 0.29) is 18.1 Å². The molecule has 0 aliphatic carbocycles. The molecule has 0 spiro atoms. The number of carboxylic acid groups (broad SMARTS) is 1. The highest BCUT2D eigenvalue weighted by Gasteiger charge is 2.15. The molecule has 6 nitrogen and oxygen atoms in total. The fourth-order valence-electron chi connectivity index (χ4n) is 1.77. The van der Waals surface area contributed by atoms with Gasteiger partial charge < -0.3 is 19.7 Å². The molecule has 1 aromatic rings. The van der Waals surface area contributed by atoms with E-state index in [1.165, 1.54) is 6.07 Å². The average molecular weight is 268 g/mol. The van der Waals surface area contributed by atoms with Crippen molar-refractivity contribution in [2.24, 2.45) is 5.92 Å². The molecule has 0 aliphatic heterocycles. The summed E-state index contributed by atoms with van der Waals surface area (Å²) in [6.07, 6.45) is 0. The molecule has 6 heteroatoms. The van der Waals surface area contributed by atoms with Crippen LogP contribution >= 0.6 is 0 Å². The van der Waals surface area contributed by atoms with E-state index in [4.69, 9.17) is 9.52 Å². The van der Waals surface area contributed by atoms with E-state index in [0.717, 1.165) is 0 Å². The highest BCUT2D eigenvalue weighted by Crippen LogP contribution is 2.14. The molecule has 0 bridgehead atoms. The number of urea groups is 1. The zero-order valence-corrected chi connectivity index (χ0v) is 11.7. The summed E-state index contributed by atoms with van der Waals surface area (Å²) in [6, 6.07) is 1.22. The topological polar surface area (TPSA) is 82.8 Å². The Labute approximate surface area is 112 Å². The molecule has 106 valence electrons. The zero-order valence-electron chi connectivity index (χ0n) is 11.7. The third-order valence-electron chi connectivity index (χ3n) is 2.60. The third-order valence-corrected chi connectivity index (χ3v) is 2.60. The average Bonchev–Trinajstić information content (AvgIpc) is 2.66. The molecule has 0 atom stereocenters. The van der Waals surface area contributed by atoms with Crippen molar-refractivity contribution in [2.45, 2.75) is 27.3 Å². The third kappa shape index (κ3) is 4.31. The summed E-state index contributed by atoms with van der Waals surface area (Å²) in [7, 11) is 1.71. The Balaban J connectivity index is 2.55. The Morgan fingerprint density at radius 3 is 2.58 bits per heavy atom. The van der Waals surface area contributed by atoms with Gasteiger partial charge in [0, 0.05) is 13.6 Å². The molecule has 1 aromatic heterocycles. The lowest BCUT2D eigenvalue weighted by molar-refractivity contribution is 0.0695. The molecule has 0 radical (unpaired) electrons.